The van der Waals surface area contributed by atoms with Crippen molar-refractivity contribution in [2.24, 2.45) is 0 Å². The minimum Gasteiger partial charge on any atom is -0.345 e. The number of carbonyl (C=O) groups is 1. The highest BCUT2D eigenvalue weighted by Crippen LogP contribution is 2.18. The molecule has 0 aliphatic heterocycles. The Balaban J connectivity index is 2.07. The second kappa shape index (κ2) is 5.64. The minimum absolute atomic E-state index is 0.0237. The van der Waals surface area contributed by atoms with Crippen molar-refractivity contribution in [3.05, 3.63) is 55.8 Å². The smallest absolute Gasteiger partial charge is 0.251 e. The Morgan fingerprint density at radius 2 is 2.18 bits per heavy atom. The van der Waals surface area contributed by atoms with Gasteiger partial charge in [0.1, 0.15) is 0 Å². The molecule has 88 valence electrons. The first-order valence-electron chi connectivity index (χ1n) is 5.26. The maximum atomic E-state index is 12.0. The molecule has 1 aromatic heterocycles. The largest absolute Gasteiger partial charge is 0.345 e. The molecule has 1 aromatic carbocycles. The lowest BCUT2D eigenvalue weighted by molar-refractivity contribution is 0.0940. The summed E-state index contributed by atoms with van der Waals surface area (Å²) in [6, 6.07) is 11.7. The van der Waals surface area contributed by atoms with E-state index >= 15 is 0 Å². The van der Waals surface area contributed by atoms with Crippen molar-refractivity contribution < 1.29 is 4.79 Å². The Bertz CT molecular complexity index is 510. The number of hydrogen-bond acceptors (Lipinski definition) is 2. The summed E-state index contributed by atoms with van der Waals surface area (Å²) in [7, 11) is 0. The highest BCUT2D eigenvalue weighted by Gasteiger charge is 2.11. The topological polar surface area (TPSA) is 29.1 Å². The predicted octanol–water partition coefficient (Wildman–Crippen LogP) is 3.84. The predicted molar refractivity (Wildman–Crippen MR) is 79.4 cm³/mol. The fourth-order valence-corrected chi connectivity index (χ4v) is 2.80. The van der Waals surface area contributed by atoms with E-state index in [0.29, 0.717) is 5.56 Å². The fourth-order valence-electron chi connectivity index (χ4n) is 1.52. The fraction of sp³-hybridized carbons (Fsp3) is 0.154. The van der Waals surface area contributed by atoms with Crippen molar-refractivity contribution in [3.8, 4) is 0 Å². The van der Waals surface area contributed by atoms with E-state index in [-0.39, 0.29) is 11.9 Å². The van der Waals surface area contributed by atoms with Crippen LogP contribution >= 0.6 is 33.9 Å². The lowest BCUT2D eigenvalue weighted by Gasteiger charge is -2.12. The normalized spacial score (nSPS) is 12.1. The molecule has 4 heteroatoms. The van der Waals surface area contributed by atoms with Crippen molar-refractivity contribution in [3.63, 3.8) is 0 Å². The molecule has 0 fully saturated rings. The molecule has 0 bridgehead atoms. The number of halogens is 1. The monoisotopic (exact) mass is 357 g/mol. The summed E-state index contributed by atoms with van der Waals surface area (Å²) in [4.78, 5) is 13.2. The number of nitrogens with one attached hydrogen (secondary N) is 1. The summed E-state index contributed by atoms with van der Waals surface area (Å²) in [5, 5.41) is 5.01. The van der Waals surface area contributed by atoms with Crippen LogP contribution in [0, 0.1) is 3.57 Å². The summed E-state index contributed by atoms with van der Waals surface area (Å²) in [6.45, 7) is 2.00. The first-order valence-corrected chi connectivity index (χ1v) is 7.22. The molecule has 17 heavy (non-hydrogen) atoms. The summed E-state index contributed by atoms with van der Waals surface area (Å²) >= 11 is 3.86. The Kier molecular flexibility index (Phi) is 4.17. The SMILES string of the molecule is C[C@H](NC(=O)c1cccc(I)c1)c1cccs1. The van der Waals surface area contributed by atoms with E-state index in [4.69, 9.17) is 0 Å². The molecule has 0 aliphatic rings. The van der Waals surface area contributed by atoms with Crippen LogP contribution in [0.1, 0.15) is 28.2 Å². The molecule has 0 saturated carbocycles. The van der Waals surface area contributed by atoms with Crippen LogP contribution in [0.5, 0.6) is 0 Å². The van der Waals surface area contributed by atoms with Gasteiger partial charge in [0, 0.05) is 14.0 Å². The highest BCUT2D eigenvalue weighted by molar-refractivity contribution is 14.1. The van der Waals surface area contributed by atoms with Crippen LogP contribution in [0.15, 0.2) is 41.8 Å². The van der Waals surface area contributed by atoms with Gasteiger partial charge in [0.2, 0.25) is 0 Å². The molecule has 0 saturated heterocycles. The van der Waals surface area contributed by atoms with E-state index in [2.05, 4.69) is 27.9 Å². The van der Waals surface area contributed by atoms with Crippen LogP contribution in [0.25, 0.3) is 0 Å². The number of thiophene rings is 1. The van der Waals surface area contributed by atoms with E-state index in [1.165, 1.54) is 4.88 Å². The molecule has 2 rings (SSSR count). The maximum Gasteiger partial charge on any atom is 0.251 e. The first-order chi connectivity index (χ1) is 8.16. The molecular weight excluding hydrogens is 345 g/mol. The van der Waals surface area contributed by atoms with Gasteiger partial charge in [-0.2, -0.15) is 0 Å². The van der Waals surface area contributed by atoms with E-state index < -0.39 is 0 Å². The Hall–Kier alpha value is -0.880. The third-order valence-corrected chi connectivity index (χ3v) is 4.13. The molecule has 2 nitrogen and oxygen atoms in total. The lowest BCUT2D eigenvalue weighted by atomic mass is 10.2. The van der Waals surface area contributed by atoms with Crippen molar-refractivity contribution >= 4 is 39.8 Å². The van der Waals surface area contributed by atoms with Crippen LogP contribution in [0.3, 0.4) is 0 Å². The molecule has 0 radical (unpaired) electrons. The second-order valence-corrected chi connectivity index (χ2v) is 5.95. The first kappa shape index (κ1) is 12.6. The highest BCUT2D eigenvalue weighted by atomic mass is 127. The van der Waals surface area contributed by atoms with Gasteiger partial charge in [0.25, 0.3) is 5.91 Å². The van der Waals surface area contributed by atoms with Gasteiger partial charge in [0.15, 0.2) is 0 Å². The van der Waals surface area contributed by atoms with Gasteiger partial charge < -0.3 is 5.32 Å². The zero-order valence-electron chi connectivity index (χ0n) is 9.31. The van der Waals surface area contributed by atoms with Gasteiger partial charge in [-0.05, 0) is 59.2 Å². The van der Waals surface area contributed by atoms with Crippen LogP contribution in [0.4, 0.5) is 0 Å². The van der Waals surface area contributed by atoms with Gasteiger partial charge in [-0.25, -0.2) is 0 Å². The zero-order valence-corrected chi connectivity index (χ0v) is 12.3. The molecule has 1 heterocycles. The lowest BCUT2D eigenvalue weighted by Crippen LogP contribution is -2.26. The number of hydrogen-bond donors (Lipinski definition) is 1. The molecule has 0 spiro atoms. The van der Waals surface area contributed by atoms with E-state index in [0.717, 1.165) is 3.57 Å². The van der Waals surface area contributed by atoms with Gasteiger partial charge in [-0.15, -0.1) is 11.3 Å². The zero-order chi connectivity index (χ0) is 12.3. The summed E-state index contributed by atoms with van der Waals surface area (Å²) in [5.74, 6) is -0.0237. The average Bonchev–Trinajstić information content (AvgIpc) is 2.82. The summed E-state index contributed by atoms with van der Waals surface area (Å²) in [5.41, 5.74) is 0.709. The number of carbonyl (C=O) groups excluding carboxylic acids is 1. The number of benzene rings is 1. The van der Waals surface area contributed by atoms with Crippen molar-refractivity contribution in [1.82, 2.24) is 5.32 Å². The molecule has 2 aromatic rings. The van der Waals surface area contributed by atoms with Crippen LogP contribution in [0.2, 0.25) is 0 Å². The number of amides is 1. The third-order valence-electron chi connectivity index (χ3n) is 2.40. The number of rotatable bonds is 3. The molecule has 0 unspecified atom stereocenters. The Morgan fingerprint density at radius 3 is 2.82 bits per heavy atom. The minimum atomic E-state index is -0.0237. The Labute approximate surface area is 118 Å². The molecule has 1 N–H and O–H groups in total. The van der Waals surface area contributed by atoms with E-state index in [9.17, 15) is 4.79 Å². The third kappa shape index (κ3) is 3.29. The van der Waals surface area contributed by atoms with E-state index in [1.807, 2.05) is 48.7 Å². The molecule has 1 atom stereocenters. The average molecular weight is 357 g/mol. The van der Waals surface area contributed by atoms with Crippen LogP contribution in [-0.2, 0) is 0 Å². The van der Waals surface area contributed by atoms with Crippen molar-refractivity contribution in [1.29, 1.82) is 0 Å². The standard InChI is InChI=1S/C13H12INOS/c1-9(12-6-3-7-17-12)15-13(16)10-4-2-5-11(14)8-10/h2-9H,1H3,(H,15,16)/t9-/m0/s1. The summed E-state index contributed by atoms with van der Waals surface area (Å²) < 4.78 is 1.07. The molecule has 1 amide bonds. The van der Waals surface area contributed by atoms with Gasteiger partial charge >= 0.3 is 0 Å². The molecular formula is C13H12INOS. The summed E-state index contributed by atoms with van der Waals surface area (Å²) in [6.07, 6.45) is 0. The maximum absolute atomic E-state index is 12.0. The van der Waals surface area contributed by atoms with Gasteiger partial charge in [-0.1, -0.05) is 12.1 Å². The Morgan fingerprint density at radius 1 is 1.35 bits per heavy atom. The second-order valence-electron chi connectivity index (χ2n) is 3.72. The van der Waals surface area contributed by atoms with Crippen LogP contribution in [-0.4, -0.2) is 5.91 Å². The van der Waals surface area contributed by atoms with Gasteiger partial charge in [0.05, 0.1) is 6.04 Å². The van der Waals surface area contributed by atoms with Gasteiger partial charge in [-0.3, -0.25) is 4.79 Å². The van der Waals surface area contributed by atoms with Crippen molar-refractivity contribution in [2.75, 3.05) is 0 Å². The quantitative estimate of drug-likeness (QED) is 0.831. The van der Waals surface area contributed by atoms with Crippen molar-refractivity contribution in [2.45, 2.75) is 13.0 Å². The van der Waals surface area contributed by atoms with Crippen LogP contribution < -0.4 is 5.32 Å². The van der Waals surface area contributed by atoms with E-state index in [1.54, 1.807) is 11.3 Å². The molecule has 0 aliphatic carbocycles.